The third-order valence-electron chi connectivity index (χ3n) is 3.57. The SMILES string of the molecule is CC(C)NC(=O)CNC(=O)COC(=O)c1ccccc1OCc1ccccc1. The maximum absolute atomic E-state index is 12.3. The van der Waals surface area contributed by atoms with Crippen LogP contribution >= 0.6 is 0 Å². The fourth-order valence-electron chi connectivity index (χ4n) is 2.31. The first-order valence-electron chi connectivity index (χ1n) is 8.94. The Morgan fingerprint density at radius 1 is 0.929 bits per heavy atom. The first kappa shape index (κ1) is 21.0. The van der Waals surface area contributed by atoms with Crippen molar-refractivity contribution in [1.82, 2.24) is 10.6 Å². The average Bonchev–Trinajstić information content (AvgIpc) is 2.69. The summed E-state index contributed by atoms with van der Waals surface area (Å²) in [5, 5.41) is 5.04. The normalized spacial score (nSPS) is 10.2. The maximum Gasteiger partial charge on any atom is 0.342 e. The second-order valence-electron chi connectivity index (χ2n) is 6.35. The molecule has 0 heterocycles. The Hall–Kier alpha value is -3.35. The molecule has 148 valence electrons. The number of carbonyl (C=O) groups is 3. The quantitative estimate of drug-likeness (QED) is 0.646. The van der Waals surface area contributed by atoms with Crippen LogP contribution in [0.25, 0.3) is 0 Å². The van der Waals surface area contributed by atoms with Crippen LogP contribution in [0, 0.1) is 0 Å². The molecular formula is C21H24N2O5. The van der Waals surface area contributed by atoms with E-state index in [4.69, 9.17) is 9.47 Å². The third-order valence-corrected chi connectivity index (χ3v) is 3.57. The summed E-state index contributed by atoms with van der Waals surface area (Å²) in [6.45, 7) is 3.28. The topological polar surface area (TPSA) is 93.7 Å². The Morgan fingerprint density at radius 2 is 1.61 bits per heavy atom. The molecule has 0 aromatic heterocycles. The number of carbonyl (C=O) groups excluding carboxylic acids is 3. The van der Waals surface area contributed by atoms with Crippen molar-refractivity contribution in [2.24, 2.45) is 0 Å². The lowest BCUT2D eigenvalue weighted by atomic mass is 10.2. The van der Waals surface area contributed by atoms with Crippen LogP contribution in [0.5, 0.6) is 5.75 Å². The Kier molecular flexibility index (Phi) is 8.02. The smallest absolute Gasteiger partial charge is 0.342 e. The van der Waals surface area contributed by atoms with Gasteiger partial charge in [0.2, 0.25) is 5.91 Å². The number of nitrogens with one attached hydrogen (secondary N) is 2. The van der Waals surface area contributed by atoms with Gasteiger partial charge in [0.05, 0.1) is 6.54 Å². The molecule has 2 aromatic rings. The van der Waals surface area contributed by atoms with Crippen molar-refractivity contribution in [2.45, 2.75) is 26.5 Å². The summed E-state index contributed by atoms with van der Waals surface area (Å²) in [6.07, 6.45) is 0. The number of para-hydroxylation sites is 1. The summed E-state index contributed by atoms with van der Waals surface area (Å²) < 4.78 is 10.7. The Balaban J connectivity index is 1.85. The molecule has 0 spiro atoms. The molecule has 0 aliphatic rings. The Morgan fingerprint density at radius 3 is 2.32 bits per heavy atom. The zero-order chi connectivity index (χ0) is 20.4. The fraction of sp³-hybridized carbons (Fsp3) is 0.286. The lowest BCUT2D eigenvalue weighted by molar-refractivity contribution is -0.128. The van der Waals surface area contributed by atoms with Crippen molar-refractivity contribution in [2.75, 3.05) is 13.2 Å². The van der Waals surface area contributed by atoms with E-state index in [0.717, 1.165) is 5.56 Å². The number of amides is 2. The van der Waals surface area contributed by atoms with Crippen LogP contribution in [-0.2, 0) is 20.9 Å². The van der Waals surface area contributed by atoms with Crippen molar-refractivity contribution in [3.63, 3.8) is 0 Å². The van der Waals surface area contributed by atoms with Crippen LogP contribution in [0.15, 0.2) is 54.6 Å². The second-order valence-corrected chi connectivity index (χ2v) is 6.35. The Bertz CT molecular complexity index is 805. The van der Waals surface area contributed by atoms with E-state index in [1.54, 1.807) is 24.3 Å². The summed E-state index contributed by atoms with van der Waals surface area (Å²) in [4.78, 5) is 35.6. The van der Waals surface area contributed by atoms with Gasteiger partial charge >= 0.3 is 5.97 Å². The minimum absolute atomic E-state index is 0.0189. The fourth-order valence-corrected chi connectivity index (χ4v) is 2.31. The van der Waals surface area contributed by atoms with Crippen LogP contribution in [0.2, 0.25) is 0 Å². The van der Waals surface area contributed by atoms with E-state index in [2.05, 4.69) is 10.6 Å². The lowest BCUT2D eigenvalue weighted by Gasteiger charge is -2.12. The molecule has 28 heavy (non-hydrogen) atoms. The van der Waals surface area contributed by atoms with Gasteiger partial charge in [-0.05, 0) is 31.5 Å². The van der Waals surface area contributed by atoms with Gasteiger partial charge in [-0.1, -0.05) is 42.5 Å². The highest BCUT2D eigenvalue weighted by atomic mass is 16.5. The lowest BCUT2D eigenvalue weighted by Crippen LogP contribution is -2.41. The van der Waals surface area contributed by atoms with E-state index in [1.165, 1.54) is 0 Å². The van der Waals surface area contributed by atoms with Gasteiger partial charge in [0.1, 0.15) is 17.9 Å². The molecule has 0 aliphatic heterocycles. The molecule has 0 radical (unpaired) electrons. The number of rotatable bonds is 9. The minimum atomic E-state index is -0.676. The van der Waals surface area contributed by atoms with Crippen LogP contribution in [0.4, 0.5) is 0 Å². The second kappa shape index (κ2) is 10.7. The largest absolute Gasteiger partial charge is 0.488 e. The number of esters is 1. The van der Waals surface area contributed by atoms with Gasteiger partial charge in [-0.3, -0.25) is 9.59 Å². The van der Waals surface area contributed by atoms with Gasteiger partial charge in [-0.15, -0.1) is 0 Å². The van der Waals surface area contributed by atoms with Gasteiger partial charge < -0.3 is 20.1 Å². The highest BCUT2D eigenvalue weighted by molar-refractivity contribution is 5.94. The van der Waals surface area contributed by atoms with E-state index in [9.17, 15) is 14.4 Å². The third kappa shape index (κ3) is 7.11. The molecule has 7 heteroatoms. The molecule has 0 unspecified atom stereocenters. The summed E-state index contributed by atoms with van der Waals surface area (Å²) in [6, 6.07) is 16.2. The number of hydrogen-bond acceptors (Lipinski definition) is 5. The molecule has 7 nitrogen and oxygen atoms in total. The molecule has 0 aliphatic carbocycles. The molecule has 2 rings (SSSR count). The van der Waals surface area contributed by atoms with Crippen LogP contribution in [-0.4, -0.2) is 37.0 Å². The van der Waals surface area contributed by atoms with E-state index >= 15 is 0 Å². The predicted octanol–water partition coefficient (Wildman–Crippen LogP) is 2.06. The van der Waals surface area contributed by atoms with Gasteiger partial charge in [0.15, 0.2) is 6.61 Å². The highest BCUT2D eigenvalue weighted by Gasteiger charge is 2.16. The first-order chi connectivity index (χ1) is 13.5. The number of benzene rings is 2. The van der Waals surface area contributed by atoms with Gasteiger partial charge in [-0.25, -0.2) is 4.79 Å². The summed E-state index contributed by atoms with van der Waals surface area (Å²) in [5.74, 6) is -1.18. The average molecular weight is 384 g/mol. The molecule has 2 aromatic carbocycles. The Labute approximate surface area is 164 Å². The van der Waals surface area contributed by atoms with Crippen molar-refractivity contribution in [1.29, 1.82) is 0 Å². The number of ether oxygens (including phenoxy) is 2. The highest BCUT2D eigenvalue weighted by Crippen LogP contribution is 2.20. The molecule has 0 saturated carbocycles. The monoisotopic (exact) mass is 384 g/mol. The van der Waals surface area contributed by atoms with Crippen LogP contribution in [0.1, 0.15) is 29.8 Å². The van der Waals surface area contributed by atoms with Gasteiger partial charge in [0.25, 0.3) is 5.91 Å². The van der Waals surface area contributed by atoms with E-state index in [0.29, 0.717) is 12.4 Å². The van der Waals surface area contributed by atoms with Gasteiger partial charge in [-0.2, -0.15) is 0 Å². The van der Waals surface area contributed by atoms with Crippen LogP contribution < -0.4 is 15.4 Å². The van der Waals surface area contributed by atoms with E-state index in [-0.39, 0.29) is 24.1 Å². The molecule has 0 atom stereocenters. The molecular weight excluding hydrogens is 360 g/mol. The van der Waals surface area contributed by atoms with Crippen LogP contribution in [0.3, 0.4) is 0 Å². The molecule has 2 amide bonds. The van der Waals surface area contributed by atoms with E-state index in [1.807, 2.05) is 44.2 Å². The summed E-state index contributed by atoms with van der Waals surface area (Å²) in [5.41, 5.74) is 1.19. The van der Waals surface area contributed by atoms with Crippen molar-refractivity contribution < 1.29 is 23.9 Å². The summed E-state index contributed by atoms with van der Waals surface area (Å²) in [7, 11) is 0. The minimum Gasteiger partial charge on any atom is -0.488 e. The van der Waals surface area contributed by atoms with E-state index < -0.39 is 18.5 Å². The molecule has 0 fully saturated rings. The van der Waals surface area contributed by atoms with Crippen molar-refractivity contribution in [3.05, 3.63) is 65.7 Å². The van der Waals surface area contributed by atoms with Crippen molar-refractivity contribution >= 4 is 17.8 Å². The summed E-state index contributed by atoms with van der Waals surface area (Å²) >= 11 is 0. The maximum atomic E-state index is 12.3. The first-order valence-corrected chi connectivity index (χ1v) is 8.94. The molecule has 0 saturated heterocycles. The predicted molar refractivity (Wildman–Crippen MR) is 104 cm³/mol. The van der Waals surface area contributed by atoms with Crippen molar-refractivity contribution in [3.8, 4) is 5.75 Å². The van der Waals surface area contributed by atoms with Gasteiger partial charge in [0, 0.05) is 6.04 Å². The number of hydrogen-bond donors (Lipinski definition) is 2. The zero-order valence-electron chi connectivity index (χ0n) is 15.9. The molecule has 0 bridgehead atoms. The molecule has 2 N–H and O–H groups in total. The standard InChI is InChI=1S/C21H24N2O5/c1-15(2)23-19(24)12-22-20(25)14-28-21(26)17-10-6-7-11-18(17)27-13-16-8-4-3-5-9-16/h3-11,15H,12-14H2,1-2H3,(H,22,25)(H,23,24). The zero-order valence-corrected chi connectivity index (χ0v) is 15.9.